The zero-order valence-electron chi connectivity index (χ0n) is 8.46. The van der Waals surface area contributed by atoms with Gasteiger partial charge in [0.15, 0.2) is 5.75 Å². The number of rotatable bonds is 4. The number of methoxy groups -OCH3 is 1. The third-order valence-electron chi connectivity index (χ3n) is 1.74. The van der Waals surface area contributed by atoms with Gasteiger partial charge < -0.3 is 9.47 Å². The fraction of sp³-hybridized carbons (Fsp3) is 0.400. The molecule has 14 heavy (non-hydrogen) atoms. The van der Waals surface area contributed by atoms with Gasteiger partial charge in [-0.25, -0.2) is 0 Å². The lowest BCUT2D eigenvalue weighted by Gasteiger charge is -2.13. The number of ether oxygens (including phenoxy) is 2. The van der Waals surface area contributed by atoms with E-state index in [2.05, 4.69) is 15.9 Å². The van der Waals surface area contributed by atoms with Crippen molar-refractivity contribution in [2.45, 2.75) is 11.8 Å². The van der Waals surface area contributed by atoms with Crippen LogP contribution in [0.4, 0.5) is 0 Å². The first-order valence-electron chi connectivity index (χ1n) is 4.27. The Labute approximate surface area is 97.1 Å². The van der Waals surface area contributed by atoms with Crippen LogP contribution in [0.2, 0.25) is 0 Å². The normalized spacial score (nSPS) is 10.0. The molecule has 1 aromatic rings. The summed E-state index contributed by atoms with van der Waals surface area (Å²) in [7, 11) is 1.67. The molecule has 0 aromatic heterocycles. The molecule has 2 nitrogen and oxygen atoms in total. The molecular weight excluding hydrogens is 264 g/mol. The van der Waals surface area contributed by atoms with Gasteiger partial charge in [0.25, 0.3) is 0 Å². The van der Waals surface area contributed by atoms with Gasteiger partial charge in [0.1, 0.15) is 5.75 Å². The lowest BCUT2D eigenvalue weighted by Crippen LogP contribution is -1.96. The molecule has 78 valence electrons. The molecule has 0 aliphatic rings. The summed E-state index contributed by atoms with van der Waals surface area (Å²) in [5.41, 5.74) is 0. The number of hydrogen-bond donors (Lipinski definition) is 0. The molecule has 0 saturated carbocycles. The lowest BCUT2D eigenvalue weighted by molar-refractivity contribution is 0.322. The Bertz CT molecular complexity index is 315. The fourth-order valence-electron chi connectivity index (χ4n) is 1.15. The van der Waals surface area contributed by atoms with E-state index in [0.717, 1.165) is 20.9 Å². The van der Waals surface area contributed by atoms with E-state index in [1.165, 1.54) is 0 Å². The summed E-state index contributed by atoms with van der Waals surface area (Å²) >= 11 is 5.08. The highest BCUT2D eigenvalue weighted by atomic mass is 79.9. The van der Waals surface area contributed by atoms with Crippen LogP contribution in [0, 0.1) is 0 Å². The van der Waals surface area contributed by atoms with Crippen molar-refractivity contribution >= 4 is 27.7 Å². The molecule has 4 heteroatoms. The van der Waals surface area contributed by atoms with E-state index in [1.54, 1.807) is 18.9 Å². The number of halogens is 1. The van der Waals surface area contributed by atoms with E-state index in [-0.39, 0.29) is 0 Å². The Morgan fingerprint density at radius 2 is 2.14 bits per heavy atom. The maximum Gasteiger partial charge on any atom is 0.150 e. The topological polar surface area (TPSA) is 18.5 Å². The van der Waals surface area contributed by atoms with E-state index in [0.29, 0.717) is 6.61 Å². The van der Waals surface area contributed by atoms with Crippen molar-refractivity contribution < 1.29 is 9.47 Å². The molecule has 0 heterocycles. The Morgan fingerprint density at radius 3 is 2.64 bits per heavy atom. The summed E-state index contributed by atoms with van der Waals surface area (Å²) in [4.78, 5) is 1.03. The first-order chi connectivity index (χ1) is 6.74. The minimum absolute atomic E-state index is 0.652. The van der Waals surface area contributed by atoms with Crippen LogP contribution >= 0.6 is 27.7 Å². The Hall–Kier alpha value is -0.350. The highest BCUT2D eigenvalue weighted by Crippen LogP contribution is 2.41. The number of hydrogen-bond acceptors (Lipinski definition) is 3. The highest BCUT2D eigenvalue weighted by molar-refractivity contribution is 9.10. The van der Waals surface area contributed by atoms with Gasteiger partial charge in [0.05, 0.1) is 23.1 Å². The predicted molar refractivity (Wildman–Crippen MR) is 63.6 cm³/mol. The second-order valence-electron chi connectivity index (χ2n) is 2.55. The molecule has 0 amide bonds. The molecule has 0 fully saturated rings. The van der Waals surface area contributed by atoms with Crippen LogP contribution in [0.25, 0.3) is 0 Å². The van der Waals surface area contributed by atoms with Crippen molar-refractivity contribution in [1.29, 1.82) is 0 Å². The van der Waals surface area contributed by atoms with E-state index < -0.39 is 0 Å². The van der Waals surface area contributed by atoms with Crippen molar-refractivity contribution in [2.24, 2.45) is 0 Å². The van der Waals surface area contributed by atoms with Crippen molar-refractivity contribution in [3.05, 3.63) is 16.6 Å². The zero-order valence-corrected chi connectivity index (χ0v) is 10.9. The summed E-state index contributed by atoms with van der Waals surface area (Å²) < 4.78 is 11.8. The molecule has 1 rings (SSSR count). The molecule has 0 aliphatic heterocycles. The molecule has 0 bridgehead atoms. The van der Waals surface area contributed by atoms with Crippen LogP contribution in [-0.2, 0) is 0 Å². The number of thioether (sulfide) groups is 1. The Balaban J connectivity index is 3.20. The largest absolute Gasteiger partial charge is 0.495 e. The van der Waals surface area contributed by atoms with Crippen LogP contribution in [-0.4, -0.2) is 20.0 Å². The number of benzene rings is 1. The second kappa shape index (κ2) is 5.51. The first-order valence-corrected chi connectivity index (χ1v) is 6.29. The maximum atomic E-state index is 5.55. The van der Waals surface area contributed by atoms with Crippen LogP contribution in [0.15, 0.2) is 21.5 Å². The van der Waals surface area contributed by atoms with Gasteiger partial charge in [-0.05, 0) is 41.2 Å². The van der Waals surface area contributed by atoms with Crippen molar-refractivity contribution in [2.75, 3.05) is 20.0 Å². The van der Waals surface area contributed by atoms with Gasteiger partial charge in [0, 0.05) is 0 Å². The van der Waals surface area contributed by atoms with Crippen LogP contribution in [0.3, 0.4) is 0 Å². The smallest absolute Gasteiger partial charge is 0.150 e. The molecule has 0 atom stereocenters. The highest BCUT2D eigenvalue weighted by Gasteiger charge is 2.12. The van der Waals surface area contributed by atoms with Crippen molar-refractivity contribution in [1.82, 2.24) is 0 Å². The molecule has 0 radical (unpaired) electrons. The monoisotopic (exact) mass is 276 g/mol. The predicted octanol–water partition coefficient (Wildman–Crippen LogP) is 3.58. The average molecular weight is 277 g/mol. The fourth-order valence-corrected chi connectivity index (χ4v) is 2.44. The van der Waals surface area contributed by atoms with Crippen LogP contribution in [0.1, 0.15) is 6.92 Å². The van der Waals surface area contributed by atoms with Gasteiger partial charge in [-0.1, -0.05) is 0 Å². The molecule has 1 aromatic carbocycles. The van der Waals surface area contributed by atoms with E-state index in [9.17, 15) is 0 Å². The average Bonchev–Trinajstić information content (AvgIpc) is 2.21. The summed E-state index contributed by atoms with van der Waals surface area (Å²) in [5.74, 6) is 1.71. The zero-order chi connectivity index (χ0) is 10.6. The molecular formula is C10H13BrO2S. The Kier molecular flexibility index (Phi) is 4.62. The molecule has 0 spiro atoms. The molecule has 0 unspecified atom stereocenters. The Morgan fingerprint density at radius 1 is 1.43 bits per heavy atom. The summed E-state index contributed by atoms with van der Waals surface area (Å²) in [5, 5.41) is 0. The minimum atomic E-state index is 0.652. The van der Waals surface area contributed by atoms with Gasteiger partial charge in [-0.15, -0.1) is 11.8 Å². The maximum absolute atomic E-state index is 5.55. The molecule has 0 saturated heterocycles. The van der Waals surface area contributed by atoms with Crippen molar-refractivity contribution in [3.63, 3.8) is 0 Å². The van der Waals surface area contributed by atoms with Gasteiger partial charge in [-0.2, -0.15) is 0 Å². The third-order valence-corrected chi connectivity index (χ3v) is 3.16. The second-order valence-corrected chi connectivity index (χ2v) is 4.22. The summed E-state index contributed by atoms with van der Waals surface area (Å²) in [6.07, 6.45) is 2.01. The van der Waals surface area contributed by atoms with Gasteiger partial charge in [0.2, 0.25) is 0 Å². The lowest BCUT2D eigenvalue weighted by atomic mass is 10.3. The first kappa shape index (κ1) is 11.7. The van der Waals surface area contributed by atoms with Crippen LogP contribution in [0.5, 0.6) is 11.5 Å². The SMILES string of the molecule is CCOc1c(Br)ccc(OC)c1SC. The summed E-state index contributed by atoms with van der Waals surface area (Å²) in [6.45, 7) is 2.62. The quantitative estimate of drug-likeness (QED) is 0.784. The van der Waals surface area contributed by atoms with E-state index >= 15 is 0 Å². The van der Waals surface area contributed by atoms with Gasteiger partial charge in [-0.3, -0.25) is 0 Å². The summed E-state index contributed by atoms with van der Waals surface area (Å²) in [6, 6.07) is 3.86. The van der Waals surface area contributed by atoms with E-state index in [1.807, 2.05) is 25.3 Å². The van der Waals surface area contributed by atoms with Crippen molar-refractivity contribution in [3.8, 4) is 11.5 Å². The molecule has 0 N–H and O–H groups in total. The van der Waals surface area contributed by atoms with Crippen LogP contribution < -0.4 is 9.47 Å². The standard InChI is InChI=1S/C10H13BrO2S/c1-4-13-9-7(11)5-6-8(12-2)10(9)14-3/h5-6H,4H2,1-3H3. The van der Waals surface area contributed by atoms with E-state index in [4.69, 9.17) is 9.47 Å². The third kappa shape index (κ3) is 2.36. The minimum Gasteiger partial charge on any atom is -0.495 e. The van der Waals surface area contributed by atoms with Gasteiger partial charge >= 0.3 is 0 Å². The molecule has 0 aliphatic carbocycles.